The van der Waals surface area contributed by atoms with Crippen LogP contribution < -0.4 is 4.74 Å². The van der Waals surface area contributed by atoms with Gasteiger partial charge in [-0.05, 0) is 23.3 Å². The number of esters is 1. The van der Waals surface area contributed by atoms with E-state index < -0.39 is 18.3 Å². The Hall–Kier alpha value is -3.39. The Morgan fingerprint density at radius 2 is 1.75 bits per heavy atom. The van der Waals surface area contributed by atoms with Crippen molar-refractivity contribution in [2.45, 2.75) is 32.1 Å². The van der Waals surface area contributed by atoms with Crippen molar-refractivity contribution in [1.29, 1.82) is 0 Å². The smallest absolute Gasteiger partial charge is 0.461 e. The van der Waals surface area contributed by atoms with Gasteiger partial charge in [0, 0.05) is 12.8 Å². The molecule has 1 aliphatic rings. The number of ether oxygens (including phenoxy) is 2. The fraction of sp³-hybridized carbons (Fsp3) is 0.250. The van der Waals surface area contributed by atoms with Crippen LogP contribution in [0.3, 0.4) is 0 Å². The second-order valence-corrected chi connectivity index (χ2v) is 6.15. The van der Waals surface area contributed by atoms with Crippen molar-refractivity contribution in [3.05, 3.63) is 65.7 Å². The number of aliphatic hydroxyl groups is 1. The summed E-state index contributed by atoms with van der Waals surface area (Å²) in [6.07, 6.45) is -1.93. The van der Waals surface area contributed by atoms with E-state index in [1.165, 1.54) is 12.1 Å². The fourth-order valence-electron chi connectivity index (χ4n) is 2.58. The van der Waals surface area contributed by atoms with Crippen LogP contribution in [0.25, 0.3) is 0 Å². The summed E-state index contributed by atoms with van der Waals surface area (Å²) in [6.45, 7) is 0.202. The van der Waals surface area contributed by atoms with Crippen molar-refractivity contribution >= 4 is 18.0 Å². The summed E-state index contributed by atoms with van der Waals surface area (Å²) in [7, 11) is 0. The van der Waals surface area contributed by atoms with Crippen molar-refractivity contribution in [2.24, 2.45) is 0 Å². The SMILES string of the molecule is O=C(Cc1ccc(OC(=O)ON2C(=O)CCC2O)cc1)OCc1ccccc1. The minimum absolute atomic E-state index is 0.0754. The zero-order chi connectivity index (χ0) is 19.9. The van der Waals surface area contributed by atoms with E-state index >= 15 is 0 Å². The highest BCUT2D eigenvalue weighted by atomic mass is 16.8. The molecule has 1 fully saturated rings. The number of hydrogen-bond donors (Lipinski definition) is 1. The first kappa shape index (κ1) is 19.4. The topological polar surface area (TPSA) is 102 Å². The first-order chi connectivity index (χ1) is 13.5. The highest BCUT2D eigenvalue weighted by Gasteiger charge is 2.33. The molecule has 146 valence electrons. The van der Waals surface area contributed by atoms with Crippen molar-refractivity contribution in [2.75, 3.05) is 0 Å². The fourth-order valence-corrected chi connectivity index (χ4v) is 2.58. The first-order valence-electron chi connectivity index (χ1n) is 8.69. The molecule has 2 aromatic rings. The van der Waals surface area contributed by atoms with Crippen LogP contribution in [0, 0.1) is 0 Å². The number of benzene rings is 2. The molecule has 1 N–H and O–H groups in total. The minimum Gasteiger partial charge on any atom is -0.461 e. The normalized spacial score (nSPS) is 16.0. The predicted octanol–water partition coefficient (Wildman–Crippen LogP) is 2.34. The average molecular weight is 385 g/mol. The maximum absolute atomic E-state index is 11.9. The van der Waals surface area contributed by atoms with Crippen molar-refractivity contribution in [3.8, 4) is 5.75 Å². The molecule has 1 amide bonds. The molecular formula is C20H19NO7. The van der Waals surface area contributed by atoms with Crippen molar-refractivity contribution < 1.29 is 33.8 Å². The van der Waals surface area contributed by atoms with Gasteiger partial charge in [0.05, 0.1) is 6.42 Å². The summed E-state index contributed by atoms with van der Waals surface area (Å²) in [5.74, 6) is -0.695. The third-order valence-electron chi connectivity index (χ3n) is 4.02. The monoisotopic (exact) mass is 385 g/mol. The molecule has 0 saturated carbocycles. The molecule has 0 aliphatic carbocycles. The van der Waals surface area contributed by atoms with Crippen LogP contribution in [0.5, 0.6) is 5.75 Å². The van der Waals surface area contributed by atoms with Crippen molar-refractivity contribution in [1.82, 2.24) is 5.06 Å². The van der Waals surface area contributed by atoms with E-state index in [4.69, 9.17) is 14.3 Å². The molecule has 1 unspecified atom stereocenters. The van der Waals surface area contributed by atoms with E-state index in [0.717, 1.165) is 5.56 Å². The lowest BCUT2D eigenvalue weighted by atomic mass is 10.1. The van der Waals surface area contributed by atoms with E-state index in [1.807, 2.05) is 30.3 Å². The van der Waals surface area contributed by atoms with Gasteiger partial charge >= 0.3 is 12.1 Å². The highest BCUT2D eigenvalue weighted by molar-refractivity contribution is 5.79. The summed E-state index contributed by atoms with van der Waals surface area (Å²) in [5, 5.41) is 10.1. The van der Waals surface area contributed by atoms with E-state index in [2.05, 4.69) is 0 Å². The van der Waals surface area contributed by atoms with E-state index in [1.54, 1.807) is 12.1 Å². The van der Waals surface area contributed by atoms with Crippen LogP contribution in [0.1, 0.15) is 24.0 Å². The second-order valence-electron chi connectivity index (χ2n) is 6.15. The lowest BCUT2D eigenvalue weighted by molar-refractivity contribution is -0.195. The molecule has 1 saturated heterocycles. The summed E-state index contributed by atoms with van der Waals surface area (Å²) in [5.41, 5.74) is 1.59. The zero-order valence-corrected chi connectivity index (χ0v) is 14.9. The van der Waals surface area contributed by atoms with Gasteiger partial charge in [-0.1, -0.05) is 42.5 Å². The van der Waals surface area contributed by atoms with Crippen LogP contribution in [-0.2, 0) is 32.2 Å². The molecule has 2 aromatic carbocycles. The summed E-state index contributed by atoms with van der Waals surface area (Å²) < 4.78 is 10.2. The van der Waals surface area contributed by atoms with Gasteiger partial charge in [-0.25, -0.2) is 4.79 Å². The third kappa shape index (κ3) is 5.31. The quantitative estimate of drug-likeness (QED) is 0.601. The Labute approximate surface area is 161 Å². The van der Waals surface area contributed by atoms with Gasteiger partial charge < -0.3 is 19.4 Å². The number of aliphatic hydroxyl groups excluding tert-OH is 1. The molecule has 3 rings (SSSR count). The molecule has 1 aliphatic heterocycles. The number of carbonyl (C=O) groups is 3. The molecule has 0 bridgehead atoms. The van der Waals surface area contributed by atoms with Gasteiger partial charge in [0.15, 0.2) is 6.23 Å². The Morgan fingerprint density at radius 3 is 2.39 bits per heavy atom. The van der Waals surface area contributed by atoms with Crippen LogP contribution >= 0.6 is 0 Å². The first-order valence-corrected chi connectivity index (χ1v) is 8.69. The summed E-state index contributed by atoms with van der Waals surface area (Å²) in [4.78, 5) is 39.8. The number of carbonyl (C=O) groups excluding carboxylic acids is 3. The maximum atomic E-state index is 11.9. The highest BCUT2D eigenvalue weighted by Crippen LogP contribution is 2.19. The Balaban J connectivity index is 1.45. The third-order valence-corrected chi connectivity index (χ3v) is 4.02. The van der Waals surface area contributed by atoms with Crippen LogP contribution in [-0.4, -0.2) is 34.4 Å². The lowest BCUT2D eigenvalue weighted by Gasteiger charge is -2.17. The van der Waals surface area contributed by atoms with Gasteiger partial charge in [-0.15, -0.1) is 5.06 Å². The summed E-state index contributed by atoms with van der Waals surface area (Å²) in [6, 6.07) is 15.6. The van der Waals surface area contributed by atoms with Gasteiger partial charge in [-0.2, -0.15) is 0 Å². The van der Waals surface area contributed by atoms with E-state index in [-0.39, 0.29) is 37.6 Å². The zero-order valence-electron chi connectivity index (χ0n) is 14.9. The Kier molecular flexibility index (Phi) is 6.23. The molecule has 1 atom stereocenters. The maximum Gasteiger partial charge on any atom is 0.539 e. The van der Waals surface area contributed by atoms with Crippen LogP contribution in [0.2, 0.25) is 0 Å². The van der Waals surface area contributed by atoms with Gasteiger partial charge in [-0.3, -0.25) is 9.59 Å². The lowest BCUT2D eigenvalue weighted by Crippen LogP contribution is -2.36. The predicted molar refractivity (Wildman–Crippen MR) is 95.6 cm³/mol. The van der Waals surface area contributed by atoms with Crippen LogP contribution in [0.4, 0.5) is 4.79 Å². The minimum atomic E-state index is -1.16. The van der Waals surface area contributed by atoms with E-state index in [0.29, 0.717) is 10.6 Å². The Bertz CT molecular complexity index is 835. The molecular weight excluding hydrogens is 366 g/mol. The van der Waals surface area contributed by atoms with Gasteiger partial charge in [0.25, 0.3) is 5.91 Å². The molecule has 0 radical (unpaired) electrons. The number of hydrogen-bond acceptors (Lipinski definition) is 7. The number of amides is 1. The number of hydroxylamine groups is 2. The van der Waals surface area contributed by atoms with Gasteiger partial charge in [0.1, 0.15) is 12.4 Å². The molecule has 28 heavy (non-hydrogen) atoms. The van der Waals surface area contributed by atoms with Crippen molar-refractivity contribution in [3.63, 3.8) is 0 Å². The molecule has 8 heteroatoms. The second kappa shape index (κ2) is 9.01. The van der Waals surface area contributed by atoms with E-state index in [9.17, 15) is 19.5 Å². The Morgan fingerprint density at radius 1 is 1.04 bits per heavy atom. The molecule has 0 spiro atoms. The number of nitrogens with zero attached hydrogens (tertiary/aromatic N) is 1. The standard InChI is InChI=1S/C20H19NO7/c22-17-10-11-18(23)21(17)28-20(25)27-16-8-6-14(7-9-16)12-19(24)26-13-15-4-2-1-3-5-15/h1-9,17,22H,10-13H2. The van der Waals surface area contributed by atoms with Crippen LogP contribution in [0.15, 0.2) is 54.6 Å². The molecule has 0 aromatic heterocycles. The molecule has 8 nitrogen and oxygen atoms in total. The summed E-state index contributed by atoms with van der Waals surface area (Å²) >= 11 is 0. The average Bonchev–Trinajstić information content (AvgIpc) is 3.01. The largest absolute Gasteiger partial charge is 0.539 e. The molecule has 1 heterocycles. The number of rotatable bonds is 6. The van der Waals surface area contributed by atoms with Gasteiger partial charge in [0.2, 0.25) is 0 Å².